The first-order chi connectivity index (χ1) is 7.75. The van der Waals surface area contributed by atoms with Crippen molar-refractivity contribution in [1.82, 2.24) is 15.2 Å². The van der Waals surface area contributed by atoms with E-state index in [9.17, 15) is 0 Å². The molecule has 0 aliphatic carbocycles. The number of ether oxygens (including phenoxy) is 1. The molecule has 4 nitrogen and oxygen atoms in total. The van der Waals surface area contributed by atoms with Crippen LogP contribution in [0.3, 0.4) is 0 Å². The summed E-state index contributed by atoms with van der Waals surface area (Å²) in [6.07, 6.45) is 0. The van der Waals surface area contributed by atoms with Crippen LogP contribution in [-0.2, 0) is 0 Å². The maximum Gasteiger partial charge on any atom is 0.335 e. The van der Waals surface area contributed by atoms with Gasteiger partial charge in [0.1, 0.15) is 0 Å². The Bertz CT molecular complexity index is 437. The van der Waals surface area contributed by atoms with Gasteiger partial charge in [-0.25, -0.2) is 0 Å². The molecule has 4 heteroatoms. The SMILES string of the molecule is CC(C)COc1n[nH]c(-c2ccccc2)n1. The van der Waals surface area contributed by atoms with Gasteiger partial charge in [-0.3, -0.25) is 5.10 Å². The smallest absolute Gasteiger partial charge is 0.335 e. The average Bonchev–Trinajstić information content (AvgIpc) is 2.76. The molecule has 0 spiro atoms. The molecule has 1 heterocycles. The van der Waals surface area contributed by atoms with Crippen molar-refractivity contribution in [2.75, 3.05) is 6.61 Å². The van der Waals surface area contributed by atoms with E-state index in [1.165, 1.54) is 0 Å². The van der Waals surface area contributed by atoms with E-state index in [1.54, 1.807) is 0 Å². The summed E-state index contributed by atoms with van der Waals surface area (Å²) in [5.74, 6) is 1.21. The summed E-state index contributed by atoms with van der Waals surface area (Å²) in [5.41, 5.74) is 1.01. The Morgan fingerprint density at radius 1 is 1.25 bits per heavy atom. The zero-order valence-electron chi connectivity index (χ0n) is 9.47. The number of aromatic nitrogens is 3. The van der Waals surface area contributed by atoms with Crippen molar-refractivity contribution < 1.29 is 4.74 Å². The molecule has 0 aliphatic heterocycles. The van der Waals surface area contributed by atoms with E-state index in [0.717, 1.165) is 11.4 Å². The molecule has 1 aromatic heterocycles. The molecule has 2 aromatic rings. The van der Waals surface area contributed by atoms with Crippen LogP contribution in [0.1, 0.15) is 13.8 Å². The van der Waals surface area contributed by atoms with Gasteiger partial charge < -0.3 is 4.74 Å². The minimum atomic E-state index is 0.410. The van der Waals surface area contributed by atoms with Gasteiger partial charge in [-0.05, 0) is 5.92 Å². The van der Waals surface area contributed by atoms with Crippen LogP contribution in [0, 0.1) is 5.92 Å². The van der Waals surface area contributed by atoms with E-state index in [0.29, 0.717) is 18.5 Å². The maximum atomic E-state index is 5.42. The van der Waals surface area contributed by atoms with Crippen LogP contribution in [-0.4, -0.2) is 21.8 Å². The fourth-order valence-corrected chi connectivity index (χ4v) is 1.28. The van der Waals surface area contributed by atoms with Crippen molar-refractivity contribution in [1.29, 1.82) is 0 Å². The third-order valence-electron chi connectivity index (χ3n) is 2.06. The fourth-order valence-electron chi connectivity index (χ4n) is 1.28. The molecular weight excluding hydrogens is 202 g/mol. The van der Waals surface area contributed by atoms with Gasteiger partial charge in [0.15, 0.2) is 5.82 Å². The number of nitrogens with one attached hydrogen (secondary N) is 1. The second-order valence-corrected chi connectivity index (χ2v) is 4.04. The second-order valence-electron chi connectivity index (χ2n) is 4.04. The van der Waals surface area contributed by atoms with Crippen molar-refractivity contribution in [2.24, 2.45) is 5.92 Å². The first-order valence-electron chi connectivity index (χ1n) is 5.36. The van der Waals surface area contributed by atoms with Crippen LogP contribution in [0.2, 0.25) is 0 Å². The number of hydrogen-bond acceptors (Lipinski definition) is 3. The van der Waals surface area contributed by atoms with Gasteiger partial charge in [0.05, 0.1) is 6.61 Å². The van der Waals surface area contributed by atoms with Gasteiger partial charge in [-0.15, -0.1) is 5.10 Å². The summed E-state index contributed by atoms with van der Waals surface area (Å²) in [5, 5.41) is 6.87. The van der Waals surface area contributed by atoms with Gasteiger partial charge in [-0.1, -0.05) is 44.2 Å². The van der Waals surface area contributed by atoms with Crippen molar-refractivity contribution in [3.8, 4) is 17.4 Å². The molecule has 0 aliphatic rings. The summed E-state index contributed by atoms with van der Waals surface area (Å²) in [6.45, 7) is 4.81. The van der Waals surface area contributed by atoms with Crippen LogP contribution in [0.4, 0.5) is 0 Å². The Hall–Kier alpha value is -1.84. The lowest BCUT2D eigenvalue weighted by molar-refractivity contribution is 0.252. The first-order valence-corrected chi connectivity index (χ1v) is 5.36. The summed E-state index contributed by atoms with van der Waals surface area (Å²) >= 11 is 0. The van der Waals surface area contributed by atoms with E-state index in [4.69, 9.17) is 4.74 Å². The van der Waals surface area contributed by atoms with Gasteiger partial charge in [0, 0.05) is 5.56 Å². The zero-order chi connectivity index (χ0) is 11.4. The van der Waals surface area contributed by atoms with Crippen molar-refractivity contribution in [3.63, 3.8) is 0 Å². The number of rotatable bonds is 4. The quantitative estimate of drug-likeness (QED) is 0.856. The predicted molar refractivity (Wildman–Crippen MR) is 62.2 cm³/mol. The molecule has 0 fully saturated rings. The second kappa shape index (κ2) is 4.79. The number of hydrogen-bond donors (Lipinski definition) is 1. The highest BCUT2D eigenvalue weighted by atomic mass is 16.5. The Balaban J connectivity index is 2.08. The summed E-state index contributed by atoms with van der Waals surface area (Å²) < 4.78 is 5.42. The highest BCUT2D eigenvalue weighted by Crippen LogP contribution is 2.15. The Morgan fingerprint density at radius 3 is 2.69 bits per heavy atom. The molecule has 0 amide bonds. The van der Waals surface area contributed by atoms with Gasteiger partial charge in [0.25, 0.3) is 0 Å². The number of aromatic amines is 1. The van der Waals surface area contributed by atoms with E-state index in [-0.39, 0.29) is 0 Å². The lowest BCUT2D eigenvalue weighted by atomic mass is 10.2. The fraction of sp³-hybridized carbons (Fsp3) is 0.333. The molecule has 16 heavy (non-hydrogen) atoms. The topological polar surface area (TPSA) is 50.8 Å². The van der Waals surface area contributed by atoms with Crippen LogP contribution in [0.5, 0.6) is 6.01 Å². The molecular formula is C12H15N3O. The van der Waals surface area contributed by atoms with Crippen molar-refractivity contribution in [3.05, 3.63) is 30.3 Å². The minimum Gasteiger partial charge on any atom is -0.462 e. The van der Waals surface area contributed by atoms with Crippen LogP contribution in [0.15, 0.2) is 30.3 Å². The van der Waals surface area contributed by atoms with Gasteiger partial charge >= 0.3 is 6.01 Å². The first kappa shape index (κ1) is 10.7. The Labute approximate surface area is 94.7 Å². The molecule has 0 radical (unpaired) electrons. The number of nitrogens with zero attached hydrogens (tertiary/aromatic N) is 2. The molecule has 0 saturated heterocycles. The molecule has 0 atom stereocenters. The van der Waals surface area contributed by atoms with E-state index in [2.05, 4.69) is 29.0 Å². The highest BCUT2D eigenvalue weighted by Gasteiger charge is 2.06. The average molecular weight is 217 g/mol. The third kappa shape index (κ3) is 2.59. The minimum absolute atomic E-state index is 0.410. The molecule has 2 rings (SSSR count). The highest BCUT2D eigenvalue weighted by molar-refractivity contribution is 5.54. The van der Waals surface area contributed by atoms with E-state index >= 15 is 0 Å². The predicted octanol–water partition coefficient (Wildman–Crippen LogP) is 2.51. The number of H-pyrrole nitrogens is 1. The number of benzene rings is 1. The molecule has 0 saturated carbocycles. The van der Waals surface area contributed by atoms with Crippen LogP contribution >= 0.6 is 0 Å². The largest absolute Gasteiger partial charge is 0.462 e. The maximum absolute atomic E-state index is 5.42. The van der Waals surface area contributed by atoms with Crippen molar-refractivity contribution >= 4 is 0 Å². The van der Waals surface area contributed by atoms with E-state index in [1.807, 2.05) is 30.3 Å². The zero-order valence-corrected chi connectivity index (χ0v) is 9.47. The van der Waals surface area contributed by atoms with Crippen molar-refractivity contribution in [2.45, 2.75) is 13.8 Å². The molecule has 0 unspecified atom stereocenters. The van der Waals surface area contributed by atoms with E-state index < -0.39 is 0 Å². The molecule has 84 valence electrons. The lowest BCUT2D eigenvalue weighted by Gasteiger charge is -2.02. The molecule has 1 aromatic carbocycles. The van der Waals surface area contributed by atoms with Crippen LogP contribution in [0.25, 0.3) is 11.4 Å². The summed E-state index contributed by atoms with van der Waals surface area (Å²) in [4.78, 5) is 4.26. The third-order valence-corrected chi connectivity index (χ3v) is 2.06. The Kier molecular flexibility index (Phi) is 3.19. The van der Waals surface area contributed by atoms with Gasteiger partial charge in [0.2, 0.25) is 0 Å². The standard InChI is InChI=1S/C12H15N3O/c1-9(2)8-16-12-13-11(14-15-12)10-6-4-3-5-7-10/h3-7,9H,8H2,1-2H3,(H,13,14,15). The summed E-state index contributed by atoms with van der Waals surface area (Å²) in [7, 11) is 0. The Morgan fingerprint density at radius 2 is 2.00 bits per heavy atom. The molecule has 1 N–H and O–H groups in total. The van der Waals surface area contributed by atoms with Gasteiger partial charge in [-0.2, -0.15) is 4.98 Å². The monoisotopic (exact) mass is 217 g/mol. The molecule has 0 bridgehead atoms. The normalized spacial score (nSPS) is 10.7. The lowest BCUT2D eigenvalue weighted by Crippen LogP contribution is -2.05. The van der Waals surface area contributed by atoms with Crippen LogP contribution < -0.4 is 4.74 Å². The summed E-state index contributed by atoms with van der Waals surface area (Å²) in [6, 6.07) is 10.3.